The standard InChI is InChI=1S/C18H20N2OS/c1-4-5-8-20-11-19-16-15(10-22-17(16)18(20)21)14-9-12(2)6-7-13(14)3/h6-7,9-11H,4-5,8H2,1-3H3. The van der Waals surface area contributed by atoms with Gasteiger partial charge in [-0.15, -0.1) is 11.3 Å². The summed E-state index contributed by atoms with van der Waals surface area (Å²) in [5, 5.41) is 2.06. The molecule has 3 nitrogen and oxygen atoms in total. The Morgan fingerprint density at radius 3 is 2.82 bits per heavy atom. The third-order valence-electron chi connectivity index (χ3n) is 3.98. The van der Waals surface area contributed by atoms with Crippen LogP contribution < -0.4 is 5.56 Å². The minimum absolute atomic E-state index is 0.0833. The minimum atomic E-state index is 0.0833. The number of aryl methyl sites for hydroxylation is 3. The van der Waals surface area contributed by atoms with E-state index >= 15 is 0 Å². The first-order valence-corrected chi connectivity index (χ1v) is 8.54. The lowest BCUT2D eigenvalue weighted by Gasteiger charge is -2.07. The Morgan fingerprint density at radius 1 is 1.23 bits per heavy atom. The quantitative estimate of drug-likeness (QED) is 0.709. The Balaban J connectivity index is 2.15. The number of fused-ring (bicyclic) bond motifs is 1. The van der Waals surface area contributed by atoms with Crippen molar-refractivity contribution in [2.45, 2.75) is 40.2 Å². The van der Waals surface area contributed by atoms with E-state index in [0.717, 1.165) is 35.2 Å². The molecule has 0 atom stereocenters. The van der Waals surface area contributed by atoms with Gasteiger partial charge in [-0.3, -0.25) is 9.36 Å². The number of thiophene rings is 1. The average Bonchev–Trinajstić information content (AvgIpc) is 2.94. The van der Waals surface area contributed by atoms with Gasteiger partial charge in [0.2, 0.25) is 0 Å². The molecule has 0 spiro atoms. The van der Waals surface area contributed by atoms with Gasteiger partial charge in [-0.25, -0.2) is 4.98 Å². The van der Waals surface area contributed by atoms with Crippen LogP contribution >= 0.6 is 11.3 Å². The van der Waals surface area contributed by atoms with E-state index in [9.17, 15) is 4.79 Å². The van der Waals surface area contributed by atoms with Crippen molar-refractivity contribution in [3.05, 3.63) is 51.4 Å². The van der Waals surface area contributed by atoms with Crippen molar-refractivity contribution in [1.82, 2.24) is 9.55 Å². The molecule has 3 rings (SSSR count). The van der Waals surface area contributed by atoms with Crippen molar-refractivity contribution in [2.75, 3.05) is 0 Å². The average molecular weight is 312 g/mol. The van der Waals surface area contributed by atoms with Crippen molar-refractivity contribution in [1.29, 1.82) is 0 Å². The molecule has 4 heteroatoms. The maximum Gasteiger partial charge on any atom is 0.271 e. The van der Waals surface area contributed by atoms with Gasteiger partial charge in [-0.1, -0.05) is 37.1 Å². The molecule has 0 saturated heterocycles. The highest BCUT2D eigenvalue weighted by Gasteiger charge is 2.13. The number of hydrogen-bond acceptors (Lipinski definition) is 3. The summed E-state index contributed by atoms with van der Waals surface area (Å²) in [6.07, 6.45) is 3.77. The Hall–Kier alpha value is -1.94. The lowest BCUT2D eigenvalue weighted by Crippen LogP contribution is -2.19. The van der Waals surface area contributed by atoms with Crippen LogP contribution in [0.1, 0.15) is 30.9 Å². The summed E-state index contributed by atoms with van der Waals surface area (Å²) in [5.41, 5.74) is 5.58. The molecular weight excluding hydrogens is 292 g/mol. The topological polar surface area (TPSA) is 34.9 Å². The van der Waals surface area contributed by atoms with E-state index in [0.29, 0.717) is 0 Å². The molecular formula is C18H20N2OS. The predicted octanol–water partition coefficient (Wildman–Crippen LogP) is 4.54. The lowest BCUT2D eigenvalue weighted by atomic mass is 10.00. The van der Waals surface area contributed by atoms with E-state index in [1.54, 1.807) is 10.9 Å². The monoisotopic (exact) mass is 312 g/mol. The van der Waals surface area contributed by atoms with Crippen LogP contribution in [0.3, 0.4) is 0 Å². The lowest BCUT2D eigenvalue weighted by molar-refractivity contribution is 0.609. The van der Waals surface area contributed by atoms with E-state index in [1.807, 2.05) is 0 Å². The van der Waals surface area contributed by atoms with E-state index in [-0.39, 0.29) is 5.56 Å². The van der Waals surface area contributed by atoms with Gasteiger partial charge in [0.25, 0.3) is 5.56 Å². The van der Waals surface area contributed by atoms with Crippen LogP contribution in [-0.4, -0.2) is 9.55 Å². The summed E-state index contributed by atoms with van der Waals surface area (Å²) >= 11 is 1.50. The molecule has 3 aromatic rings. The highest BCUT2D eigenvalue weighted by Crippen LogP contribution is 2.33. The molecule has 0 bridgehead atoms. The summed E-state index contributed by atoms with van der Waals surface area (Å²) in [6, 6.07) is 6.40. The second-order valence-electron chi connectivity index (χ2n) is 5.74. The van der Waals surface area contributed by atoms with Crippen molar-refractivity contribution in [2.24, 2.45) is 0 Å². The first-order valence-electron chi connectivity index (χ1n) is 7.66. The molecule has 0 amide bonds. The molecule has 0 saturated carbocycles. The van der Waals surface area contributed by atoms with Gasteiger partial charge in [0, 0.05) is 17.5 Å². The van der Waals surface area contributed by atoms with Gasteiger partial charge in [0.15, 0.2) is 0 Å². The van der Waals surface area contributed by atoms with E-state index in [1.165, 1.54) is 28.0 Å². The summed E-state index contributed by atoms with van der Waals surface area (Å²) in [5.74, 6) is 0. The smallest absolute Gasteiger partial charge is 0.271 e. The Labute approximate surface area is 134 Å². The number of hydrogen-bond donors (Lipinski definition) is 0. The van der Waals surface area contributed by atoms with Crippen molar-refractivity contribution >= 4 is 21.6 Å². The molecule has 2 aromatic heterocycles. The van der Waals surface area contributed by atoms with Gasteiger partial charge in [-0.05, 0) is 31.4 Å². The number of nitrogens with zero attached hydrogens (tertiary/aromatic N) is 2. The van der Waals surface area contributed by atoms with Gasteiger partial charge in [0.1, 0.15) is 4.70 Å². The van der Waals surface area contributed by atoms with Gasteiger partial charge >= 0.3 is 0 Å². The maximum atomic E-state index is 12.6. The first kappa shape index (κ1) is 15.0. The summed E-state index contributed by atoms with van der Waals surface area (Å²) < 4.78 is 2.49. The molecule has 0 aliphatic carbocycles. The third kappa shape index (κ3) is 2.59. The minimum Gasteiger partial charge on any atom is -0.298 e. The largest absolute Gasteiger partial charge is 0.298 e. The van der Waals surface area contributed by atoms with E-state index in [2.05, 4.69) is 49.3 Å². The fourth-order valence-electron chi connectivity index (χ4n) is 2.65. The number of aromatic nitrogens is 2. The Bertz CT molecular complexity index is 876. The molecule has 0 unspecified atom stereocenters. The molecule has 0 radical (unpaired) electrons. The van der Waals surface area contributed by atoms with Crippen LogP contribution in [0.2, 0.25) is 0 Å². The highest BCUT2D eigenvalue weighted by molar-refractivity contribution is 7.17. The van der Waals surface area contributed by atoms with Crippen molar-refractivity contribution < 1.29 is 0 Å². The number of benzene rings is 1. The van der Waals surface area contributed by atoms with Crippen LogP contribution in [0.25, 0.3) is 21.3 Å². The number of rotatable bonds is 4. The van der Waals surface area contributed by atoms with Crippen LogP contribution in [0.15, 0.2) is 34.7 Å². The molecule has 114 valence electrons. The zero-order valence-corrected chi connectivity index (χ0v) is 14.0. The van der Waals surface area contributed by atoms with Gasteiger partial charge in [-0.2, -0.15) is 0 Å². The second kappa shape index (κ2) is 6.05. The van der Waals surface area contributed by atoms with Crippen molar-refractivity contribution in [3.63, 3.8) is 0 Å². The first-order chi connectivity index (χ1) is 10.6. The molecule has 0 aliphatic rings. The maximum absolute atomic E-state index is 12.6. The third-order valence-corrected chi connectivity index (χ3v) is 4.94. The summed E-state index contributed by atoms with van der Waals surface area (Å²) in [7, 11) is 0. The molecule has 0 aliphatic heterocycles. The second-order valence-corrected chi connectivity index (χ2v) is 6.62. The normalized spacial score (nSPS) is 11.2. The van der Waals surface area contributed by atoms with Gasteiger partial charge in [0.05, 0.1) is 11.8 Å². The van der Waals surface area contributed by atoms with E-state index in [4.69, 9.17) is 0 Å². The summed E-state index contributed by atoms with van der Waals surface area (Å²) in [6.45, 7) is 7.05. The van der Waals surface area contributed by atoms with Crippen LogP contribution in [0.5, 0.6) is 0 Å². The van der Waals surface area contributed by atoms with Crippen LogP contribution in [-0.2, 0) is 6.54 Å². The fourth-order valence-corrected chi connectivity index (χ4v) is 3.61. The van der Waals surface area contributed by atoms with Crippen LogP contribution in [0.4, 0.5) is 0 Å². The molecule has 1 aromatic carbocycles. The summed E-state index contributed by atoms with van der Waals surface area (Å²) in [4.78, 5) is 17.1. The highest BCUT2D eigenvalue weighted by atomic mass is 32.1. The molecule has 2 heterocycles. The predicted molar refractivity (Wildman–Crippen MR) is 93.7 cm³/mol. The molecule has 0 fully saturated rings. The number of unbranched alkanes of at least 4 members (excludes halogenated alkanes) is 1. The van der Waals surface area contributed by atoms with E-state index < -0.39 is 0 Å². The Kier molecular flexibility index (Phi) is 4.12. The molecule has 0 N–H and O–H groups in total. The van der Waals surface area contributed by atoms with Crippen molar-refractivity contribution in [3.8, 4) is 11.1 Å². The SMILES string of the molecule is CCCCn1cnc2c(-c3cc(C)ccc3C)csc2c1=O. The van der Waals surface area contributed by atoms with Crippen LogP contribution in [0, 0.1) is 13.8 Å². The zero-order chi connectivity index (χ0) is 15.7. The fraction of sp³-hybridized carbons (Fsp3) is 0.333. The molecule has 22 heavy (non-hydrogen) atoms. The van der Waals surface area contributed by atoms with Gasteiger partial charge < -0.3 is 0 Å². The Morgan fingerprint density at radius 2 is 2.05 bits per heavy atom. The zero-order valence-electron chi connectivity index (χ0n) is 13.2.